The standard InChI is InChI=1S/C19H26N2O2/c1-13-5-4-8-20(11-13)19(23)16-10-18(22)21(12-16)17-7-6-14(2)15(3)9-17/h6-7,9,13,16H,4-5,8,10-12H2,1-3H3/t13-,16-/m1/s1. The van der Waals surface area contributed by atoms with Gasteiger partial charge in [0.25, 0.3) is 0 Å². The van der Waals surface area contributed by atoms with Crippen molar-refractivity contribution in [2.45, 2.75) is 40.0 Å². The van der Waals surface area contributed by atoms with Crippen molar-refractivity contribution in [3.63, 3.8) is 0 Å². The van der Waals surface area contributed by atoms with E-state index in [0.29, 0.717) is 18.9 Å². The first-order valence-corrected chi connectivity index (χ1v) is 8.62. The number of hydrogen-bond acceptors (Lipinski definition) is 2. The summed E-state index contributed by atoms with van der Waals surface area (Å²) < 4.78 is 0. The van der Waals surface area contributed by atoms with Crippen molar-refractivity contribution < 1.29 is 9.59 Å². The lowest BCUT2D eigenvalue weighted by Gasteiger charge is -2.32. The minimum atomic E-state index is -0.186. The molecule has 1 aromatic carbocycles. The van der Waals surface area contributed by atoms with Gasteiger partial charge in [-0.2, -0.15) is 0 Å². The van der Waals surface area contributed by atoms with Crippen LogP contribution >= 0.6 is 0 Å². The molecule has 124 valence electrons. The third-order valence-corrected chi connectivity index (χ3v) is 5.25. The zero-order valence-corrected chi connectivity index (χ0v) is 14.3. The Morgan fingerprint density at radius 2 is 1.96 bits per heavy atom. The van der Waals surface area contributed by atoms with Crippen molar-refractivity contribution in [2.24, 2.45) is 11.8 Å². The number of carbonyl (C=O) groups excluding carboxylic acids is 2. The molecule has 1 aromatic rings. The van der Waals surface area contributed by atoms with Crippen LogP contribution in [0.4, 0.5) is 5.69 Å². The summed E-state index contributed by atoms with van der Waals surface area (Å²) in [7, 11) is 0. The van der Waals surface area contributed by atoms with Gasteiger partial charge in [-0.05, 0) is 55.9 Å². The maximum atomic E-state index is 12.7. The lowest BCUT2D eigenvalue weighted by Crippen LogP contribution is -2.43. The summed E-state index contributed by atoms with van der Waals surface area (Å²) >= 11 is 0. The fourth-order valence-electron chi connectivity index (χ4n) is 3.66. The van der Waals surface area contributed by atoms with Crippen LogP contribution in [-0.2, 0) is 9.59 Å². The van der Waals surface area contributed by atoms with Gasteiger partial charge in [-0.1, -0.05) is 13.0 Å². The van der Waals surface area contributed by atoms with Gasteiger partial charge in [0.05, 0.1) is 5.92 Å². The lowest BCUT2D eigenvalue weighted by atomic mass is 9.98. The van der Waals surface area contributed by atoms with E-state index in [-0.39, 0.29) is 17.7 Å². The van der Waals surface area contributed by atoms with Crippen LogP contribution in [0.1, 0.15) is 37.3 Å². The van der Waals surface area contributed by atoms with Gasteiger partial charge in [0, 0.05) is 31.7 Å². The molecule has 0 radical (unpaired) electrons. The van der Waals surface area contributed by atoms with Crippen LogP contribution in [0.5, 0.6) is 0 Å². The van der Waals surface area contributed by atoms with E-state index in [1.165, 1.54) is 17.5 Å². The Balaban J connectivity index is 1.71. The predicted molar refractivity (Wildman–Crippen MR) is 91.4 cm³/mol. The van der Waals surface area contributed by atoms with Crippen LogP contribution in [0.25, 0.3) is 0 Å². The third kappa shape index (κ3) is 3.26. The number of carbonyl (C=O) groups is 2. The third-order valence-electron chi connectivity index (χ3n) is 5.25. The van der Waals surface area contributed by atoms with Gasteiger partial charge in [0.2, 0.25) is 11.8 Å². The number of piperidine rings is 1. The largest absolute Gasteiger partial charge is 0.342 e. The van der Waals surface area contributed by atoms with Crippen molar-refractivity contribution in [3.05, 3.63) is 29.3 Å². The van der Waals surface area contributed by atoms with E-state index in [1.807, 2.05) is 23.1 Å². The van der Waals surface area contributed by atoms with Gasteiger partial charge in [-0.3, -0.25) is 9.59 Å². The number of anilines is 1. The Morgan fingerprint density at radius 3 is 2.65 bits per heavy atom. The number of rotatable bonds is 2. The van der Waals surface area contributed by atoms with E-state index in [1.54, 1.807) is 4.90 Å². The van der Waals surface area contributed by atoms with E-state index >= 15 is 0 Å². The number of amides is 2. The molecule has 2 heterocycles. The fourth-order valence-corrected chi connectivity index (χ4v) is 3.66. The summed E-state index contributed by atoms with van der Waals surface area (Å²) in [5, 5.41) is 0. The molecule has 2 fully saturated rings. The Kier molecular flexibility index (Phi) is 4.42. The van der Waals surface area contributed by atoms with E-state index in [0.717, 1.165) is 25.2 Å². The second-order valence-corrected chi connectivity index (χ2v) is 7.21. The quantitative estimate of drug-likeness (QED) is 0.842. The number of aryl methyl sites for hydroxylation is 2. The summed E-state index contributed by atoms with van der Waals surface area (Å²) in [6.45, 7) is 8.52. The highest BCUT2D eigenvalue weighted by Gasteiger charge is 2.38. The van der Waals surface area contributed by atoms with Crippen LogP contribution in [0.15, 0.2) is 18.2 Å². The monoisotopic (exact) mass is 314 g/mol. The van der Waals surface area contributed by atoms with Gasteiger partial charge >= 0.3 is 0 Å². The first-order valence-electron chi connectivity index (χ1n) is 8.62. The summed E-state index contributed by atoms with van der Waals surface area (Å²) in [4.78, 5) is 28.9. The van der Waals surface area contributed by atoms with Crippen LogP contribution in [0.2, 0.25) is 0 Å². The van der Waals surface area contributed by atoms with E-state index in [4.69, 9.17) is 0 Å². The second-order valence-electron chi connectivity index (χ2n) is 7.21. The molecule has 0 aliphatic carbocycles. The number of hydrogen-bond donors (Lipinski definition) is 0. The molecule has 2 aliphatic rings. The summed E-state index contributed by atoms with van der Waals surface area (Å²) in [5.74, 6) is 0.614. The predicted octanol–water partition coefficient (Wildman–Crippen LogP) is 2.91. The Labute approximate surface area is 138 Å². The summed E-state index contributed by atoms with van der Waals surface area (Å²) in [5.41, 5.74) is 3.31. The first-order chi connectivity index (χ1) is 11.0. The molecule has 2 aliphatic heterocycles. The topological polar surface area (TPSA) is 40.6 Å². The smallest absolute Gasteiger partial charge is 0.228 e. The highest BCUT2D eigenvalue weighted by molar-refractivity contribution is 6.00. The molecule has 0 aromatic heterocycles. The minimum absolute atomic E-state index is 0.0664. The van der Waals surface area contributed by atoms with Gasteiger partial charge in [0.15, 0.2) is 0 Å². The highest BCUT2D eigenvalue weighted by atomic mass is 16.2. The maximum Gasteiger partial charge on any atom is 0.228 e. The van der Waals surface area contributed by atoms with E-state index < -0.39 is 0 Å². The molecule has 0 spiro atoms. The number of likely N-dealkylation sites (tertiary alicyclic amines) is 1. The molecule has 2 amide bonds. The summed E-state index contributed by atoms with van der Waals surface area (Å²) in [6, 6.07) is 6.07. The molecule has 2 atom stereocenters. The van der Waals surface area contributed by atoms with E-state index in [2.05, 4.69) is 20.8 Å². The number of benzene rings is 1. The van der Waals surface area contributed by atoms with Gasteiger partial charge < -0.3 is 9.80 Å². The van der Waals surface area contributed by atoms with Gasteiger partial charge in [0.1, 0.15) is 0 Å². The Bertz CT molecular complexity index is 626. The lowest BCUT2D eigenvalue weighted by molar-refractivity contribution is -0.137. The molecule has 0 bridgehead atoms. The van der Waals surface area contributed by atoms with Crippen molar-refractivity contribution in [2.75, 3.05) is 24.5 Å². The molecule has 23 heavy (non-hydrogen) atoms. The van der Waals surface area contributed by atoms with Crippen molar-refractivity contribution in [1.82, 2.24) is 4.90 Å². The van der Waals surface area contributed by atoms with Crippen LogP contribution in [0.3, 0.4) is 0 Å². The fraction of sp³-hybridized carbons (Fsp3) is 0.579. The van der Waals surface area contributed by atoms with E-state index in [9.17, 15) is 9.59 Å². The van der Waals surface area contributed by atoms with Crippen molar-refractivity contribution >= 4 is 17.5 Å². The number of nitrogens with zero attached hydrogens (tertiary/aromatic N) is 2. The molecular weight excluding hydrogens is 288 g/mol. The molecule has 0 unspecified atom stereocenters. The molecule has 4 nitrogen and oxygen atoms in total. The zero-order chi connectivity index (χ0) is 16.6. The van der Waals surface area contributed by atoms with Gasteiger partial charge in [-0.25, -0.2) is 0 Å². The average molecular weight is 314 g/mol. The second kappa shape index (κ2) is 6.34. The van der Waals surface area contributed by atoms with Crippen LogP contribution < -0.4 is 4.90 Å². The van der Waals surface area contributed by atoms with Crippen molar-refractivity contribution in [1.29, 1.82) is 0 Å². The maximum absolute atomic E-state index is 12.7. The summed E-state index contributed by atoms with van der Waals surface area (Å²) in [6.07, 6.45) is 2.62. The molecule has 2 saturated heterocycles. The normalized spacial score (nSPS) is 25.1. The highest BCUT2D eigenvalue weighted by Crippen LogP contribution is 2.29. The Hall–Kier alpha value is -1.84. The van der Waals surface area contributed by atoms with Crippen molar-refractivity contribution in [3.8, 4) is 0 Å². The zero-order valence-electron chi connectivity index (χ0n) is 14.3. The molecule has 3 rings (SSSR count). The minimum Gasteiger partial charge on any atom is -0.342 e. The van der Waals surface area contributed by atoms with Crippen LogP contribution in [-0.4, -0.2) is 36.3 Å². The van der Waals surface area contributed by atoms with Gasteiger partial charge in [-0.15, -0.1) is 0 Å². The SMILES string of the molecule is Cc1ccc(N2C[C@H](C(=O)N3CCC[C@@H](C)C3)CC2=O)cc1C. The Morgan fingerprint density at radius 1 is 1.17 bits per heavy atom. The first kappa shape index (κ1) is 16.0. The molecule has 4 heteroatoms. The molecule has 0 saturated carbocycles. The molecule has 0 N–H and O–H groups in total. The molecular formula is C19H26N2O2. The van der Waals surface area contributed by atoms with Crippen LogP contribution in [0, 0.1) is 25.7 Å². The average Bonchev–Trinajstić information content (AvgIpc) is 2.91.